The molecule has 10 nitrogen and oxygen atoms in total. The summed E-state index contributed by atoms with van der Waals surface area (Å²) in [5, 5.41) is 18.0. The molecule has 3 aromatic rings. The lowest BCUT2D eigenvalue weighted by molar-refractivity contribution is -0.118. The van der Waals surface area contributed by atoms with E-state index in [0.29, 0.717) is 27.7 Å². The molecule has 0 aromatic carbocycles. The number of carbonyl (C=O) groups is 1. The molecule has 0 radical (unpaired) electrons. The maximum Gasteiger partial charge on any atom is 0.326 e. The third kappa shape index (κ3) is 4.58. The van der Waals surface area contributed by atoms with Crippen molar-refractivity contribution in [1.29, 1.82) is 0 Å². The number of imidazole rings is 1. The van der Waals surface area contributed by atoms with Gasteiger partial charge in [-0.15, -0.1) is 11.8 Å². The van der Waals surface area contributed by atoms with Crippen LogP contribution in [0.15, 0.2) is 33.0 Å². The molecule has 33 heavy (non-hydrogen) atoms. The molecular formula is C22H25N7O3S. The summed E-state index contributed by atoms with van der Waals surface area (Å²) >= 11 is 1.50. The van der Waals surface area contributed by atoms with E-state index in [-0.39, 0.29) is 34.3 Å². The Hall–Kier alpha value is -3.34. The Morgan fingerprint density at radius 1 is 1.36 bits per heavy atom. The van der Waals surface area contributed by atoms with Crippen molar-refractivity contribution in [2.24, 2.45) is 4.99 Å². The number of hydrogen-bond donors (Lipinski definition) is 4. The van der Waals surface area contributed by atoms with Crippen LogP contribution in [-0.4, -0.2) is 47.2 Å². The highest BCUT2D eigenvalue weighted by Gasteiger charge is 2.28. The van der Waals surface area contributed by atoms with Gasteiger partial charge in [0.25, 0.3) is 5.91 Å². The normalized spacial score (nSPS) is 20.0. The van der Waals surface area contributed by atoms with Gasteiger partial charge in [-0.1, -0.05) is 6.08 Å². The minimum atomic E-state index is -0.497. The van der Waals surface area contributed by atoms with Crippen LogP contribution in [-0.2, 0) is 4.79 Å². The standard InChI is InChI=1S/C22H25N7O3S/c1-22(2,3)28-20(31)16-7-6-15(33-16)13-9-17(24-12-4-5-12)29-18(25-13)11(10-23-29)8-14-19(30)27-21(32)26-14/h7-10,12,15,30H,4-6H2,1-3H3,(H,28,31)(H2,26,27,32). The summed E-state index contributed by atoms with van der Waals surface area (Å²) < 4.78 is 1.68. The van der Waals surface area contributed by atoms with E-state index in [4.69, 9.17) is 9.98 Å². The van der Waals surface area contributed by atoms with Crippen molar-refractivity contribution >= 4 is 29.4 Å². The molecule has 3 aromatic heterocycles. The molecule has 1 unspecified atom stereocenters. The average molecular weight is 468 g/mol. The average Bonchev–Trinajstić information content (AvgIpc) is 3.11. The van der Waals surface area contributed by atoms with E-state index in [1.165, 1.54) is 11.8 Å². The number of aromatic hydroxyl groups is 1. The van der Waals surface area contributed by atoms with Crippen LogP contribution in [0.3, 0.4) is 0 Å². The molecule has 1 fully saturated rings. The van der Waals surface area contributed by atoms with Crippen molar-refractivity contribution in [1.82, 2.24) is 29.9 Å². The van der Waals surface area contributed by atoms with Gasteiger partial charge in [-0.05, 0) is 46.1 Å². The summed E-state index contributed by atoms with van der Waals surface area (Å²) in [4.78, 5) is 39.3. The molecule has 0 spiro atoms. The monoisotopic (exact) mass is 467 g/mol. The molecule has 4 N–H and O–H groups in total. The van der Waals surface area contributed by atoms with Crippen LogP contribution in [0.5, 0.6) is 5.88 Å². The fraction of sp³-hybridized carbons (Fsp3) is 0.409. The zero-order chi connectivity index (χ0) is 23.3. The Kier molecular flexibility index (Phi) is 5.15. The maximum absolute atomic E-state index is 12.6. The third-order valence-corrected chi connectivity index (χ3v) is 6.55. The third-order valence-electron chi connectivity index (χ3n) is 5.23. The molecule has 0 bridgehead atoms. The van der Waals surface area contributed by atoms with Gasteiger partial charge in [0.05, 0.1) is 28.1 Å². The minimum Gasteiger partial charge on any atom is -0.493 e. The van der Waals surface area contributed by atoms with Gasteiger partial charge in [0.15, 0.2) is 11.1 Å². The lowest BCUT2D eigenvalue weighted by Crippen LogP contribution is -2.40. The van der Waals surface area contributed by atoms with E-state index in [0.717, 1.165) is 18.5 Å². The van der Waals surface area contributed by atoms with E-state index in [2.05, 4.69) is 20.4 Å². The van der Waals surface area contributed by atoms with Crippen molar-refractivity contribution in [2.75, 3.05) is 0 Å². The molecular weight excluding hydrogens is 442 g/mol. The molecule has 1 aliphatic carbocycles. The molecule has 0 saturated heterocycles. The second-order valence-electron chi connectivity index (χ2n) is 9.34. The van der Waals surface area contributed by atoms with Crippen molar-refractivity contribution in [2.45, 2.75) is 56.9 Å². The first-order chi connectivity index (χ1) is 15.7. The van der Waals surface area contributed by atoms with Crippen LogP contribution < -0.4 is 21.7 Å². The van der Waals surface area contributed by atoms with Crippen molar-refractivity contribution < 1.29 is 9.90 Å². The zero-order valence-electron chi connectivity index (χ0n) is 18.5. The Balaban J connectivity index is 1.54. The predicted octanol–water partition coefficient (Wildman–Crippen LogP) is 1.04. The first kappa shape index (κ1) is 21.5. The number of nitrogens with one attached hydrogen (secondary N) is 3. The number of rotatable bonds is 4. The number of aromatic amines is 2. The SMILES string of the molecule is CC(C)(C)NC(=O)C1=CCC(c2cc(=NC3CC3)n3ncc(=Cc4[nH]c(=O)[nH]c4O)c3n2)S1. The summed E-state index contributed by atoms with van der Waals surface area (Å²) in [6.45, 7) is 5.87. The minimum absolute atomic E-state index is 0.0212. The molecule has 172 valence electrons. The molecule has 11 heteroatoms. The van der Waals surface area contributed by atoms with Crippen LogP contribution in [0.25, 0.3) is 11.7 Å². The molecule has 2 aliphatic rings. The lowest BCUT2D eigenvalue weighted by Gasteiger charge is -2.21. The summed E-state index contributed by atoms with van der Waals surface area (Å²) in [6.07, 6.45) is 7.98. The predicted molar refractivity (Wildman–Crippen MR) is 124 cm³/mol. The number of allylic oxidation sites excluding steroid dienone is 1. The number of fused-ring (bicyclic) bond motifs is 1. The number of carbonyl (C=O) groups excluding carboxylic acids is 1. The van der Waals surface area contributed by atoms with Gasteiger partial charge in [0.2, 0.25) is 5.88 Å². The van der Waals surface area contributed by atoms with Gasteiger partial charge in [0, 0.05) is 16.8 Å². The van der Waals surface area contributed by atoms with Gasteiger partial charge in [-0.3, -0.25) is 14.8 Å². The van der Waals surface area contributed by atoms with Gasteiger partial charge in [0.1, 0.15) is 5.69 Å². The smallest absolute Gasteiger partial charge is 0.326 e. The summed E-state index contributed by atoms with van der Waals surface area (Å²) in [5.41, 5.74) is 1.53. The molecule has 4 heterocycles. The topological polar surface area (TPSA) is 141 Å². The van der Waals surface area contributed by atoms with E-state index >= 15 is 0 Å². The Morgan fingerprint density at radius 3 is 2.82 bits per heavy atom. The van der Waals surface area contributed by atoms with E-state index in [9.17, 15) is 14.7 Å². The van der Waals surface area contributed by atoms with Crippen LogP contribution in [0.2, 0.25) is 0 Å². The maximum atomic E-state index is 12.6. The summed E-state index contributed by atoms with van der Waals surface area (Å²) in [5.74, 6) is -0.326. The number of H-pyrrole nitrogens is 2. The quantitative estimate of drug-likeness (QED) is 0.452. The highest BCUT2D eigenvalue weighted by Crippen LogP contribution is 2.42. The molecule has 1 amide bonds. The molecule has 1 atom stereocenters. The second kappa shape index (κ2) is 7.91. The van der Waals surface area contributed by atoms with Gasteiger partial charge < -0.3 is 15.4 Å². The number of hydrogen-bond acceptors (Lipinski definition) is 7. The first-order valence-corrected chi connectivity index (χ1v) is 11.7. The van der Waals surface area contributed by atoms with Gasteiger partial charge in [-0.2, -0.15) is 9.61 Å². The molecule has 1 aliphatic heterocycles. The summed E-state index contributed by atoms with van der Waals surface area (Å²) in [7, 11) is 0. The number of thioether (sulfide) groups is 1. The van der Waals surface area contributed by atoms with Crippen LogP contribution in [0, 0.1) is 0 Å². The zero-order valence-corrected chi connectivity index (χ0v) is 19.4. The first-order valence-electron chi connectivity index (χ1n) is 10.8. The van der Waals surface area contributed by atoms with Crippen molar-refractivity contribution in [3.05, 3.63) is 55.8 Å². The number of amides is 1. The van der Waals surface area contributed by atoms with Crippen molar-refractivity contribution in [3.63, 3.8) is 0 Å². The Bertz CT molecular complexity index is 1450. The van der Waals surface area contributed by atoms with Gasteiger partial charge >= 0.3 is 5.69 Å². The van der Waals surface area contributed by atoms with E-state index in [1.54, 1.807) is 16.8 Å². The largest absolute Gasteiger partial charge is 0.493 e. The molecule has 5 rings (SSSR count). The summed E-state index contributed by atoms with van der Waals surface area (Å²) in [6, 6.07) is 2.22. The fourth-order valence-electron chi connectivity index (χ4n) is 3.57. The highest BCUT2D eigenvalue weighted by atomic mass is 32.2. The van der Waals surface area contributed by atoms with Crippen molar-refractivity contribution in [3.8, 4) is 5.88 Å². The van der Waals surface area contributed by atoms with E-state index < -0.39 is 5.69 Å². The highest BCUT2D eigenvalue weighted by molar-refractivity contribution is 8.04. The lowest BCUT2D eigenvalue weighted by atomic mass is 10.1. The number of aromatic nitrogens is 5. The van der Waals surface area contributed by atoms with Crippen LogP contribution in [0.4, 0.5) is 0 Å². The fourth-order valence-corrected chi connectivity index (χ4v) is 4.66. The van der Waals surface area contributed by atoms with E-state index in [1.807, 2.05) is 32.9 Å². The van der Waals surface area contributed by atoms with Crippen LogP contribution in [0.1, 0.15) is 56.7 Å². The van der Waals surface area contributed by atoms with Gasteiger partial charge in [-0.25, -0.2) is 9.78 Å². The number of nitrogens with zero attached hydrogens (tertiary/aromatic N) is 4. The Labute approximate surface area is 192 Å². The second-order valence-corrected chi connectivity index (χ2v) is 10.6. The van der Waals surface area contributed by atoms with Crippen LogP contribution >= 0.6 is 11.8 Å². The molecule has 1 saturated carbocycles. The Morgan fingerprint density at radius 2 is 2.15 bits per heavy atom.